The molecule has 0 aromatic heterocycles. The highest BCUT2D eigenvalue weighted by Gasteiger charge is 2.44. The van der Waals surface area contributed by atoms with Crippen LogP contribution in [-0.4, -0.2) is 31.2 Å². The van der Waals surface area contributed by atoms with E-state index in [9.17, 15) is 4.39 Å². The minimum Gasteiger partial charge on any atom is -0.389 e. The summed E-state index contributed by atoms with van der Waals surface area (Å²) in [5.41, 5.74) is 0.907. The average Bonchev–Trinajstić information content (AvgIpc) is 2.98. The zero-order valence-corrected chi connectivity index (χ0v) is 7.99. The molecule has 78 valence electrons. The van der Waals surface area contributed by atoms with Crippen LogP contribution in [0.25, 0.3) is 0 Å². The molecule has 0 aromatic carbocycles. The van der Waals surface area contributed by atoms with Crippen molar-refractivity contribution in [2.24, 2.45) is 17.0 Å². The Kier molecular flexibility index (Phi) is 1.97. The molecule has 3 unspecified atom stereocenters. The molecule has 0 amide bonds. The summed E-state index contributed by atoms with van der Waals surface area (Å²) in [6, 6.07) is 0. The van der Waals surface area contributed by atoms with Crippen LogP contribution < -0.4 is 0 Å². The molecular weight excluding hydrogens is 185 g/mol. The van der Waals surface area contributed by atoms with E-state index >= 15 is 0 Å². The van der Waals surface area contributed by atoms with Gasteiger partial charge in [0.15, 0.2) is 6.10 Å². The molecule has 0 aromatic rings. The van der Waals surface area contributed by atoms with Gasteiger partial charge in [0, 0.05) is 5.92 Å². The van der Waals surface area contributed by atoms with Crippen LogP contribution in [0, 0.1) is 11.8 Å². The fourth-order valence-electron chi connectivity index (χ4n) is 2.36. The number of alkyl halides is 1. The Hall–Kier alpha value is -0.640. The second kappa shape index (κ2) is 3.19. The predicted molar refractivity (Wildman–Crippen MR) is 48.9 cm³/mol. The third-order valence-electron chi connectivity index (χ3n) is 3.41. The second-order valence-electron chi connectivity index (χ2n) is 4.41. The number of hydrogen-bond donors (Lipinski definition) is 0. The van der Waals surface area contributed by atoms with E-state index in [2.05, 4.69) is 5.16 Å². The fourth-order valence-corrected chi connectivity index (χ4v) is 2.36. The van der Waals surface area contributed by atoms with Gasteiger partial charge in [0.2, 0.25) is 0 Å². The molecule has 1 saturated heterocycles. The molecule has 0 N–H and O–H groups in total. The minimum absolute atomic E-state index is 0.180. The highest BCUT2D eigenvalue weighted by Crippen LogP contribution is 2.41. The summed E-state index contributed by atoms with van der Waals surface area (Å²) in [4.78, 5) is 5.03. The van der Waals surface area contributed by atoms with Crippen LogP contribution in [-0.2, 0) is 9.57 Å². The van der Waals surface area contributed by atoms with Gasteiger partial charge < -0.3 is 9.57 Å². The Bertz CT molecular complexity index is 265. The predicted octanol–water partition coefficient (Wildman–Crippen LogP) is 1.53. The van der Waals surface area contributed by atoms with E-state index in [4.69, 9.17) is 9.57 Å². The van der Waals surface area contributed by atoms with E-state index in [1.165, 1.54) is 12.8 Å². The molecule has 1 aliphatic carbocycles. The molecule has 0 bridgehead atoms. The van der Waals surface area contributed by atoms with Gasteiger partial charge in [-0.25, -0.2) is 4.39 Å². The van der Waals surface area contributed by atoms with Crippen LogP contribution >= 0.6 is 0 Å². The number of nitrogens with zero attached hydrogens (tertiary/aromatic N) is 1. The van der Waals surface area contributed by atoms with Gasteiger partial charge in [-0.1, -0.05) is 5.16 Å². The first-order valence-corrected chi connectivity index (χ1v) is 5.28. The lowest BCUT2D eigenvalue weighted by molar-refractivity contribution is -0.0000141. The number of ether oxygens (including phenoxy) is 1. The lowest BCUT2D eigenvalue weighted by atomic mass is 9.88. The molecule has 0 radical (unpaired) electrons. The minimum atomic E-state index is -0.435. The Morgan fingerprint density at radius 3 is 3.00 bits per heavy atom. The number of hydrogen-bond acceptors (Lipinski definition) is 3. The summed E-state index contributed by atoms with van der Waals surface area (Å²) < 4.78 is 18.2. The zero-order valence-electron chi connectivity index (χ0n) is 7.99. The molecule has 2 heterocycles. The summed E-state index contributed by atoms with van der Waals surface area (Å²) in [5, 5.41) is 3.88. The molecule has 2 aliphatic heterocycles. The van der Waals surface area contributed by atoms with Crippen LogP contribution in [0.3, 0.4) is 0 Å². The summed E-state index contributed by atoms with van der Waals surface area (Å²) >= 11 is 0. The Morgan fingerprint density at radius 2 is 2.29 bits per heavy atom. The van der Waals surface area contributed by atoms with E-state index in [0.717, 1.165) is 18.1 Å². The van der Waals surface area contributed by atoms with Crippen molar-refractivity contribution >= 4 is 5.71 Å². The van der Waals surface area contributed by atoms with Gasteiger partial charge in [0.1, 0.15) is 6.67 Å². The van der Waals surface area contributed by atoms with Gasteiger partial charge in [-0.05, 0) is 25.2 Å². The summed E-state index contributed by atoms with van der Waals surface area (Å²) in [7, 11) is 0. The van der Waals surface area contributed by atoms with Crippen molar-refractivity contribution in [3.63, 3.8) is 0 Å². The number of halogens is 1. The standard InChI is InChI=1S/C10H14FNO2/c11-4-10-7-3-9(6-1-2-6)13-5-8(7)12-14-10/h6-7,9-10H,1-5H2. The number of fused-ring (bicyclic) bond motifs is 1. The van der Waals surface area contributed by atoms with Crippen molar-refractivity contribution in [1.82, 2.24) is 0 Å². The normalized spacial score (nSPS) is 41.5. The second-order valence-corrected chi connectivity index (χ2v) is 4.41. The molecule has 1 saturated carbocycles. The van der Waals surface area contributed by atoms with Crippen LogP contribution in [0.15, 0.2) is 5.16 Å². The van der Waals surface area contributed by atoms with Crippen molar-refractivity contribution in [1.29, 1.82) is 0 Å². The SMILES string of the molecule is FCC1ON=C2COC(C3CC3)CC21. The van der Waals surface area contributed by atoms with E-state index in [1.807, 2.05) is 0 Å². The van der Waals surface area contributed by atoms with Crippen molar-refractivity contribution in [3.05, 3.63) is 0 Å². The summed E-state index contributed by atoms with van der Waals surface area (Å²) in [6.45, 7) is 0.109. The molecule has 2 fully saturated rings. The molecule has 3 aliphatic rings. The molecule has 0 spiro atoms. The van der Waals surface area contributed by atoms with Crippen LogP contribution in [0.5, 0.6) is 0 Å². The van der Waals surface area contributed by atoms with E-state index in [0.29, 0.717) is 12.7 Å². The van der Waals surface area contributed by atoms with Gasteiger partial charge in [-0.15, -0.1) is 0 Å². The highest BCUT2D eigenvalue weighted by atomic mass is 19.1. The first-order chi connectivity index (χ1) is 6.88. The molecule has 3 atom stereocenters. The molecule has 3 nitrogen and oxygen atoms in total. The summed E-state index contributed by atoms with van der Waals surface area (Å²) in [5.74, 6) is 0.900. The summed E-state index contributed by atoms with van der Waals surface area (Å²) in [6.07, 6.45) is 3.43. The largest absolute Gasteiger partial charge is 0.389 e. The Morgan fingerprint density at radius 1 is 1.43 bits per heavy atom. The molecule has 3 rings (SSSR count). The van der Waals surface area contributed by atoms with E-state index < -0.39 is 6.67 Å². The van der Waals surface area contributed by atoms with Gasteiger partial charge in [-0.2, -0.15) is 0 Å². The monoisotopic (exact) mass is 199 g/mol. The first kappa shape index (κ1) is 8.65. The maximum absolute atomic E-state index is 12.6. The fraction of sp³-hybridized carbons (Fsp3) is 0.900. The zero-order chi connectivity index (χ0) is 9.54. The van der Waals surface area contributed by atoms with Crippen LogP contribution in [0.2, 0.25) is 0 Å². The smallest absolute Gasteiger partial charge is 0.164 e. The topological polar surface area (TPSA) is 30.8 Å². The van der Waals surface area contributed by atoms with Crippen molar-refractivity contribution in [2.45, 2.75) is 31.5 Å². The molecule has 4 heteroatoms. The van der Waals surface area contributed by atoms with Gasteiger partial charge in [0.25, 0.3) is 0 Å². The van der Waals surface area contributed by atoms with Crippen molar-refractivity contribution in [2.75, 3.05) is 13.3 Å². The Balaban J connectivity index is 1.70. The van der Waals surface area contributed by atoms with Crippen molar-refractivity contribution in [3.8, 4) is 0 Å². The van der Waals surface area contributed by atoms with E-state index in [1.54, 1.807) is 0 Å². The first-order valence-electron chi connectivity index (χ1n) is 5.28. The number of oxime groups is 1. The third kappa shape index (κ3) is 1.32. The van der Waals surface area contributed by atoms with Gasteiger partial charge >= 0.3 is 0 Å². The quantitative estimate of drug-likeness (QED) is 0.675. The maximum atomic E-state index is 12.6. The van der Waals surface area contributed by atoms with Crippen LogP contribution in [0.4, 0.5) is 4.39 Å². The highest BCUT2D eigenvalue weighted by molar-refractivity contribution is 5.89. The lowest BCUT2D eigenvalue weighted by Crippen LogP contribution is -2.38. The lowest BCUT2D eigenvalue weighted by Gasteiger charge is -2.28. The van der Waals surface area contributed by atoms with Crippen molar-refractivity contribution < 1.29 is 14.0 Å². The maximum Gasteiger partial charge on any atom is 0.164 e. The number of rotatable bonds is 2. The molecular formula is C10H14FNO2. The molecule has 14 heavy (non-hydrogen) atoms. The van der Waals surface area contributed by atoms with E-state index in [-0.39, 0.29) is 12.0 Å². The van der Waals surface area contributed by atoms with Crippen LogP contribution in [0.1, 0.15) is 19.3 Å². The van der Waals surface area contributed by atoms with Gasteiger partial charge in [0.05, 0.1) is 18.4 Å². The van der Waals surface area contributed by atoms with Gasteiger partial charge in [-0.3, -0.25) is 0 Å². The Labute approximate surface area is 82.2 Å². The average molecular weight is 199 g/mol. The third-order valence-corrected chi connectivity index (χ3v) is 3.41.